The monoisotopic (exact) mass is 365 g/mol. The Kier molecular flexibility index (Phi) is 3.95. The van der Waals surface area contributed by atoms with E-state index in [2.05, 4.69) is 34.6 Å². The number of carbonyl (C=O) groups is 1. The summed E-state index contributed by atoms with van der Waals surface area (Å²) in [6, 6.07) is 25.6. The third-order valence-electron chi connectivity index (χ3n) is 5.16. The highest BCUT2D eigenvalue weighted by Crippen LogP contribution is 2.38. The summed E-state index contributed by atoms with van der Waals surface area (Å²) in [5.74, 6) is 0. The maximum Gasteiger partial charge on any atom is 0.326 e. The average molecular weight is 365 g/mol. The van der Waals surface area contributed by atoms with Gasteiger partial charge in [-0.15, -0.1) is 0 Å². The number of para-hydroxylation sites is 2. The van der Waals surface area contributed by atoms with Gasteiger partial charge >= 0.3 is 6.03 Å². The molecule has 4 heteroatoms. The highest BCUT2D eigenvalue weighted by molar-refractivity contribution is 5.93. The molecule has 0 radical (unpaired) electrons. The first kappa shape index (κ1) is 16.4. The van der Waals surface area contributed by atoms with Crippen molar-refractivity contribution in [3.05, 3.63) is 108 Å². The fourth-order valence-electron chi connectivity index (χ4n) is 3.84. The summed E-state index contributed by atoms with van der Waals surface area (Å²) in [6.07, 6.45) is 5.87. The summed E-state index contributed by atoms with van der Waals surface area (Å²) in [5.41, 5.74) is 5.15. The minimum atomic E-state index is -0.207. The molecule has 136 valence electrons. The Hall–Kier alpha value is -3.79. The molecular formula is C24H19N3O. The van der Waals surface area contributed by atoms with Gasteiger partial charge in [-0.3, -0.25) is 4.90 Å². The minimum absolute atomic E-state index is 0.160. The molecule has 0 aliphatic carbocycles. The van der Waals surface area contributed by atoms with E-state index in [1.54, 1.807) is 4.90 Å². The van der Waals surface area contributed by atoms with Crippen molar-refractivity contribution in [1.29, 1.82) is 0 Å². The molecule has 1 atom stereocenters. The molecule has 0 fully saturated rings. The molecule has 1 unspecified atom stereocenters. The van der Waals surface area contributed by atoms with Crippen LogP contribution in [0.15, 0.2) is 91.3 Å². The second-order valence-electron chi connectivity index (χ2n) is 6.84. The van der Waals surface area contributed by atoms with Crippen LogP contribution in [-0.4, -0.2) is 15.9 Å². The summed E-state index contributed by atoms with van der Waals surface area (Å²) in [6.45, 7) is 0. The van der Waals surface area contributed by atoms with Crippen LogP contribution in [0.25, 0.3) is 17.0 Å². The quantitative estimate of drug-likeness (QED) is 0.465. The lowest BCUT2D eigenvalue weighted by Gasteiger charge is -2.33. The van der Waals surface area contributed by atoms with E-state index in [1.165, 1.54) is 0 Å². The van der Waals surface area contributed by atoms with E-state index in [0.717, 1.165) is 33.3 Å². The Labute approximate surface area is 163 Å². The van der Waals surface area contributed by atoms with Crippen LogP contribution in [0.2, 0.25) is 0 Å². The lowest BCUT2D eigenvalue weighted by Crippen LogP contribution is -2.36. The van der Waals surface area contributed by atoms with Crippen molar-refractivity contribution in [1.82, 2.24) is 9.88 Å². The number of fused-ring (bicyclic) bond motifs is 2. The number of nitrogens with zero attached hydrogens (tertiary/aromatic N) is 1. The van der Waals surface area contributed by atoms with E-state index < -0.39 is 0 Å². The fraction of sp³-hybridized carbons (Fsp3) is 0.0417. The number of aromatic amines is 1. The number of rotatable bonds is 2. The lowest BCUT2D eigenvalue weighted by molar-refractivity contribution is 0.220. The highest BCUT2D eigenvalue weighted by Gasteiger charge is 2.31. The number of hydrogen-bond acceptors (Lipinski definition) is 1. The summed E-state index contributed by atoms with van der Waals surface area (Å²) >= 11 is 0. The number of hydrogen-bond donors (Lipinski definition) is 2. The molecule has 3 aromatic carbocycles. The molecule has 2 amide bonds. The normalized spacial score (nSPS) is 15.4. The van der Waals surface area contributed by atoms with Crippen molar-refractivity contribution >= 4 is 28.7 Å². The van der Waals surface area contributed by atoms with E-state index >= 15 is 0 Å². The van der Waals surface area contributed by atoms with Crippen LogP contribution in [0.5, 0.6) is 0 Å². The third-order valence-corrected chi connectivity index (χ3v) is 5.16. The number of anilines is 1. The lowest BCUT2D eigenvalue weighted by atomic mass is 9.91. The van der Waals surface area contributed by atoms with Gasteiger partial charge in [-0.25, -0.2) is 4.79 Å². The average Bonchev–Trinajstić information content (AvgIpc) is 3.17. The van der Waals surface area contributed by atoms with Crippen LogP contribution >= 0.6 is 0 Å². The molecule has 1 aromatic heterocycles. The molecule has 1 aliphatic heterocycles. The predicted octanol–water partition coefficient (Wildman–Crippen LogP) is 5.78. The second kappa shape index (κ2) is 6.74. The first-order chi connectivity index (χ1) is 13.8. The van der Waals surface area contributed by atoms with Gasteiger partial charge in [-0.05, 0) is 35.4 Å². The van der Waals surface area contributed by atoms with Crippen molar-refractivity contribution in [2.45, 2.75) is 6.04 Å². The first-order valence-electron chi connectivity index (χ1n) is 9.29. The maximum atomic E-state index is 13.2. The molecule has 0 saturated carbocycles. The summed E-state index contributed by atoms with van der Waals surface area (Å²) < 4.78 is 0. The van der Waals surface area contributed by atoms with Crippen molar-refractivity contribution in [3.63, 3.8) is 0 Å². The van der Waals surface area contributed by atoms with Gasteiger partial charge in [-0.1, -0.05) is 60.7 Å². The Bertz CT molecular complexity index is 1180. The van der Waals surface area contributed by atoms with Gasteiger partial charge in [-0.2, -0.15) is 0 Å². The van der Waals surface area contributed by atoms with Crippen molar-refractivity contribution in [2.75, 3.05) is 5.32 Å². The number of benzene rings is 3. The van der Waals surface area contributed by atoms with Gasteiger partial charge in [0, 0.05) is 34.6 Å². The maximum absolute atomic E-state index is 13.2. The highest BCUT2D eigenvalue weighted by atomic mass is 16.2. The number of H-pyrrole nitrogens is 1. The van der Waals surface area contributed by atoms with Crippen LogP contribution in [-0.2, 0) is 0 Å². The van der Waals surface area contributed by atoms with Gasteiger partial charge < -0.3 is 10.3 Å². The van der Waals surface area contributed by atoms with Gasteiger partial charge in [0.1, 0.15) is 0 Å². The third kappa shape index (κ3) is 2.76. The van der Waals surface area contributed by atoms with Crippen molar-refractivity contribution < 1.29 is 4.79 Å². The van der Waals surface area contributed by atoms with Crippen LogP contribution in [0.4, 0.5) is 10.5 Å². The van der Waals surface area contributed by atoms with E-state index in [4.69, 9.17) is 0 Å². The summed E-state index contributed by atoms with van der Waals surface area (Å²) in [4.78, 5) is 18.3. The van der Waals surface area contributed by atoms with Gasteiger partial charge in [0.05, 0.1) is 6.04 Å². The second-order valence-corrected chi connectivity index (χ2v) is 6.84. The SMILES string of the molecule is O=C(Nc1ccccc1)N1C=Cc2ccccc2C1c1c[nH]c2ccccc12. The molecule has 28 heavy (non-hydrogen) atoms. The smallest absolute Gasteiger partial charge is 0.326 e. The number of aromatic nitrogens is 1. The van der Waals surface area contributed by atoms with Crippen LogP contribution in [0, 0.1) is 0 Å². The predicted molar refractivity (Wildman–Crippen MR) is 113 cm³/mol. The Morgan fingerprint density at radius 2 is 1.61 bits per heavy atom. The number of carbonyl (C=O) groups excluding carboxylic acids is 1. The van der Waals surface area contributed by atoms with Crippen LogP contribution < -0.4 is 5.32 Å². The van der Waals surface area contributed by atoms with Crippen LogP contribution in [0.1, 0.15) is 22.7 Å². The van der Waals surface area contributed by atoms with E-state index in [0.29, 0.717) is 0 Å². The topological polar surface area (TPSA) is 48.1 Å². The van der Waals surface area contributed by atoms with Crippen molar-refractivity contribution in [3.8, 4) is 0 Å². The largest absolute Gasteiger partial charge is 0.361 e. The zero-order valence-corrected chi connectivity index (χ0v) is 15.2. The zero-order chi connectivity index (χ0) is 18.9. The van der Waals surface area contributed by atoms with E-state index in [1.807, 2.05) is 73.1 Å². The number of amides is 2. The number of urea groups is 1. The molecule has 0 spiro atoms. The van der Waals surface area contributed by atoms with Gasteiger partial charge in [0.2, 0.25) is 0 Å². The number of nitrogens with one attached hydrogen (secondary N) is 2. The van der Waals surface area contributed by atoms with E-state index in [9.17, 15) is 4.79 Å². The minimum Gasteiger partial charge on any atom is -0.361 e. The summed E-state index contributed by atoms with van der Waals surface area (Å²) in [5, 5.41) is 4.13. The van der Waals surface area contributed by atoms with Crippen molar-refractivity contribution in [2.24, 2.45) is 0 Å². The molecule has 4 aromatic rings. The van der Waals surface area contributed by atoms with Crippen LogP contribution in [0.3, 0.4) is 0 Å². The molecule has 5 rings (SSSR count). The zero-order valence-electron chi connectivity index (χ0n) is 15.2. The Morgan fingerprint density at radius 3 is 2.50 bits per heavy atom. The molecule has 2 heterocycles. The summed E-state index contributed by atoms with van der Waals surface area (Å²) in [7, 11) is 0. The Balaban J connectivity index is 1.61. The first-order valence-corrected chi connectivity index (χ1v) is 9.29. The van der Waals surface area contributed by atoms with Gasteiger partial charge in [0.15, 0.2) is 0 Å². The molecule has 0 saturated heterocycles. The van der Waals surface area contributed by atoms with Gasteiger partial charge in [0.25, 0.3) is 0 Å². The fourth-order valence-corrected chi connectivity index (χ4v) is 3.84. The molecular weight excluding hydrogens is 346 g/mol. The van der Waals surface area contributed by atoms with E-state index in [-0.39, 0.29) is 12.1 Å². The molecule has 1 aliphatic rings. The molecule has 2 N–H and O–H groups in total. The standard InChI is InChI=1S/C24H19N3O/c28-24(26-18-9-2-1-3-10-18)27-15-14-17-8-4-5-11-19(17)23(27)21-16-25-22-13-7-6-12-20(21)22/h1-16,23,25H,(H,26,28). The Morgan fingerprint density at radius 1 is 0.857 bits per heavy atom. The molecule has 0 bridgehead atoms. The molecule has 4 nitrogen and oxygen atoms in total.